The van der Waals surface area contributed by atoms with Gasteiger partial charge < -0.3 is 5.32 Å². The molecular formula is C13H18N4O2S2. The average Bonchev–Trinajstić information content (AvgIpc) is 2.78. The van der Waals surface area contributed by atoms with Crippen LogP contribution in [0.15, 0.2) is 23.2 Å². The molecule has 0 atom stereocenters. The molecule has 0 radical (unpaired) electrons. The largest absolute Gasteiger partial charge is 0.370 e. The number of aromatic nitrogens is 2. The Labute approximate surface area is 128 Å². The number of aryl methyl sites for hydroxylation is 2. The molecule has 0 bridgehead atoms. The van der Waals surface area contributed by atoms with Gasteiger partial charge in [-0.15, -0.1) is 11.3 Å². The van der Waals surface area contributed by atoms with Gasteiger partial charge in [0.15, 0.2) is 5.13 Å². The Morgan fingerprint density at radius 1 is 1.33 bits per heavy atom. The fourth-order valence-electron chi connectivity index (χ4n) is 1.83. The third-order valence-corrected chi connectivity index (χ3v) is 5.24. The van der Waals surface area contributed by atoms with Crippen molar-refractivity contribution < 1.29 is 8.42 Å². The molecule has 0 aliphatic carbocycles. The van der Waals surface area contributed by atoms with Crippen molar-refractivity contribution in [1.82, 2.24) is 9.97 Å². The van der Waals surface area contributed by atoms with E-state index in [1.54, 1.807) is 0 Å². The summed E-state index contributed by atoms with van der Waals surface area (Å²) in [6.45, 7) is 6.52. The molecule has 0 saturated heterocycles. The van der Waals surface area contributed by atoms with Gasteiger partial charge in [-0.2, -0.15) is 0 Å². The zero-order valence-corrected chi connectivity index (χ0v) is 13.8. The Morgan fingerprint density at radius 3 is 2.71 bits per heavy atom. The third-order valence-electron chi connectivity index (χ3n) is 2.85. The lowest BCUT2D eigenvalue weighted by Gasteiger charge is -2.07. The molecule has 0 fully saturated rings. The molecule has 0 saturated carbocycles. The maximum atomic E-state index is 12.4. The zero-order valence-electron chi connectivity index (χ0n) is 12.2. The third kappa shape index (κ3) is 3.70. The lowest BCUT2D eigenvalue weighted by atomic mass is 10.3. The summed E-state index contributed by atoms with van der Waals surface area (Å²) >= 11 is 1.34. The summed E-state index contributed by atoms with van der Waals surface area (Å²) in [6, 6.07) is 2.97. The second-order valence-corrected chi connectivity index (χ2v) is 7.27. The van der Waals surface area contributed by atoms with Gasteiger partial charge >= 0.3 is 0 Å². The first-order valence-corrected chi connectivity index (χ1v) is 8.95. The molecule has 2 rings (SSSR count). The van der Waals surface area contributed by atoms with Crippen LogP contribution in [0.5, 0.6) is 0 Å². The Bertz CT molecular complexity index is 726. The molecule has 114 valence electrons. The standard InChI is InChI=1S/C13H18N4O2S2/c1-4-11-9(3)20-13(16-11)17-21(18,19)10-6-7-15-12(8-10)14-5-2/h6-8H,4-5H2,1-3H3,(H,14,15)(H,16,17). The first-order chi connectivity index (χ1) is 9.96. The smallest absolute Gasteiger partial charge is 0.263 e. The molecule has 0 unspecified atom stereocenters. The molecule has 2 aromatic rings. The minimum absolute atomic E-state index is 0.166. The predicted molar refractivity (Wildman–Crippen MR) is 85.4 cm³/mol. The van der Waals surface area contributed by atoms with E-state index >= 15 is 0 Å². The van der Waals surface area contributed by atoms with Crippen LogP contribution in [0.25, 0.3) is 0 Å². The van der Waals surface area contributed by atoms with E-state index in [1.807, 2.05) is 20.8 Å². The molecule has 0 aliphatic heterocycles. The van der Waals surface area contributed by atoms with Crippen molar-refractivity contribution in [3.05, 3.63) is 28.9 Å². The normalized spacial score (nSPS) is 11.4. The summed E-state index contributed by atoms with van der Waals surface area (Å²) < 4.78 is 27.3. The maximum Gasteiger partial charge on any atom is 0.263 e. The van der Waals surface area contributed by atoms with Crippen LogP contribution in [0.2, 0.25) is 0 Å². The lowest BCUT2D eigenvalue weighted by molar-refractivity contribution is 0.601. The monoisotopic (exact) mass is 326 g/mol. The minimum Gasteiger partial charge on any atom is -0.370 e. The van der Waals surface area contributed by atoms with Crippen LogP contribution >= 0.6 is 11.3 Å². The van der Waals surface area contributed by atoms with Crippen LogP contribution in [0, 0.1) is 6.92 Å². The fraction of sp³-hybridized carbons (Fsp3) is 0.385. The summed E-state index contributed by atoms with van der Waals surface area (Å²) in [5.74, 6) is 0.532. The Kier molecular flexibility index (Phi) is 4.79. The molecule has 0 aliphatic rings. The Hall–Kier alpha value is -1.67. The second kappa shape index (κ2) is 6.40. The van der Waals surface area contributed by atoms with Gasteiger partial charge in [0.1, 0.15) is 5.82 Å². The summed E-state index contributed by atoms with van der Waals surface area (Å²) in [5.41, 5.74) is 0.917. The van der Waals surface area contributed by atoms with Crippen molar-refractivity contribution >= 4 is 32.3 Å². The number of pyridine rings is 1. The number of rotatable bonds is 6. The number of hydrogen-bond donors (Lipinski definition) is 2. The average molecular weight is 326 g/mol. The topological polar surface area (TPSA) is 84.0 Å². The van der Waals surface area contributed by atoms with E-state index in [0.29, 0.717) is 17.5 Å². The number of thiazole rings is 1. The van der Waals surface area contributed by atoms with Gasteiger partial charge in [0.25, 0.3) is 10.0 Å². The van der Waals surface area contributed by atoms with E-state index in [2.05, 4.69) is 20.0 Å². The van der Waals surface area contributed by atoms with Gasteiger partial charge in [0.2, 0.25) is 0 Å². The maximum absolute atomic E-state index is 12.4. The molecule has 0 amide bonds. The molecule has 6 nitrogen and oxygen atoms in total. The van der Waals surface area contributed by atoms with Crippen molar-refractivity contribution in [3.63, 3.8) is 0 Å². The van der Waals surface area contributed by atoms with Crippen molar-refractivity contribution in [2.75, 3.05) is 16.6 Å². The molecule has 21 heavy (non-hydrogen) atoms. The number of anilines is 2. The van der Waals surface area contributed by atoms with Crippen LogP contribution in [0.3, 0.4) is 0 Å². The summed E-state index contributed by atoms with van der Waals surface area (Å²) in [6.07, 6.45) is 2.25. The number of nitrogens with one attached hydrogen (secondary N) is 2. The molecule has 2 heterocycles. The fourth-order valence-corrected chi connectivity index (χ4v) is 3.98. The highest BCUT2D eigenvalue weighted by atomic mass is 32.2. The van der Waals surface area contributed by atoms with Gasteiger partial charge in [-0.25, -0.2) is 18.4 Å². The second-order valence-electron chi connectivity index (χ2n) is 4.39. The molecule has 0 aromatic carbocycles. The SMILES string of the molecule is CCNc1cc(S(=O)(=O)Nc2nc(CC)c(C)s2)ccn1. The highest BCUT2D eigenvalue weighted by Crippen LogP contribution is 2.25. The van der Waals surface area contributed by atoms with Crippen molar-refractivity contribution in [2.24, 2.45) is 0 Å². The first-order valence-electron chi connectivity index (χ1n) is 6.65. The van der Waals surface area contributed by atoms with E-state index in [-0.39, 0.29) is 4.90 Å². The quantitative estimate of drug-likeness (QED) is 0.852. The first kappa shape index (κ1) is 15.7. The van der Waals surface area contributed by atoms with Crippen LogP contribution in [-0.4, -0.2) is 24.9 Å². The molecule has 8 heteroatoms. The summed E-state index contributed by atoms with van der Waals surface area (Å²) in [7, 11) is -3.65. The summed E-state index contributed by atoms with van der Waals surface area (Å²) in [5, 5.41) is 3.38. The van der Waals surface area contributed by atoms with Crippen LogP contribution < -0.4 is 10.0 Å². The van der Waals surface area contributed by atoms with Crippen molar-refractivity contribution in [3.8, 4) is 0 Å². The molecule has 2 N–H and O–H groups in total. The van der Waals surface area contributed by atoms with Crippen LogP contribution in [0.1, 0.15) is 24.4 Å². The van der Waals surface area contributed by atoms with Gasteiger partial charge in [0.05, 0.1) is 10.6 Å². The Balaban J connectivity index is 2.27. The van der Waals surface area contributed by atoms with Crippen LogP contribution in [-0.2, 0) is 16.4 Å². The zero-order chi connectivity index (χ0) is 15.5. The van der Waals surface area contributed by atoms with E-state index in [9.17, 15) is 8.42 Å². The minimum atomic E-state index is -3.65. The highest BCUT2D eigenvalue weighted by molar-refractivity contribution is 7.93. The van der Waals surface area contributed by atoms with Crippen molar-refractivity contribution in [1.29, 1.82) is 0 Å². The van der Waals surface area contributed by atoms with Crippen molar-refractivity contribution in [2.45, 2.75) is 32.1 Å². The van der Waals surface area contributed by atoms with Gasteiger partial charge in [0, 0.05) is 23.7 Å². The van der Waals surface area contributed by atoms with E-state index in [1.165, 1.54) is 29.7 Å². The van der Waals surface area contributed by atoms with Gasteiger partial charge in [-0.05, 0) is 26.3 Å². The van der Waals surface area contributed by atoms with Gasteiger partial charge in [-0.1, -0.05) is 6.92 Å². The van der Waals surface area contributed by atoms with Gasteiger partial charge in [-0.3, -0.25) is 4.72 Å². The lowest BCUT2D eigenvalue weighted by Crippen LogP contribution is -2.13. The van der Waals surface area contributed by atoms with E-state index in [4.69, 9.17) is 0 Å². The highest BCUT2D eigenvalue weighted by Gasteiger charge is 2.17. The summed E-state index contributed by atoms with van der Waals surface area (Å²) in [4.78, 5) is 9.55. The molecular weight excluding hydrogens is 308 g/mol. The number of nitrogens with zero attached hydrogens (tertiary/aromatic N) is 2. The molecule has 0 spiro atoms. The number of hydrogen-bond acceptors (Lipinski definition) is 6. The Morgan fingerprint density at radius 2 is 2.10 bits per heavy atom. The predicted octanol–water partition coefficient (Wildman–Crippen LogP) is 2.64. The van der Waals surface area contributed by atoms with E-state index in [0.717, 1.165) is 17.0 Å². The number of sulfonamides is 1. The molecule has 2 aromatic heterocycles. The van der Waals surface area contributed by atoms with E-state index < -0.39 is 10.0 Å². The van der Waals surface area contributed by atoms with Crippen LogP contribution in [0.4, 0.5) is 10.9 Å².